The maximum atomic E-state index is 5.58. The van der Waals surface area contributed by atoms with Crippen LogP contribution in [0.2, 0.25) is 0 Å². The zero-order chi connectivity index (χ0) is 8.10. The number of rotatable bonds is 3. The van der Waals surface area contributed by atoms with Crippen LogP contribution in [0.15, 0.2) is 30.3 Å². The van der Waals surface area contributed by atoms with Crippen molar-refractivity contribution in [3.63, 3.8) is 0 Å². The van der Waals surface area contributed by atoms with E-state index in [-0.39, 0.29) is 6.04 Å². The van der Waals surface area contributed by atoms with Gasteiger partial charge >= 0.3 is 0 Å². The number of nitrogens with one attached hydrogen (secondary N) is 1. The summed E-state index contributed by atoms with van der Waals surface area (Å²) in [4.78, 5) is 0. The molecule has 1 atom stereocenters. The Labute approximate surface area is 67.4 Å². The van der Waals surface area contributed by atoms with Crippen molar-refractivity contribution in [2.75, 3.05) is 11.9 Å². The smallest absolute Gasteiger partial charge is 0.0340 e. The molecule has 1 aromatic rings. The van der Waals surface area contributed by atoms with Gasteiger partial charge in [0.1, 0.15) is 0 Å². The fraction of sp³-hybridized carbons (Fsp3) is 0.333. The summed E-state index contributed by atoms with van der Waals surface area (Å²) < 4.78 is 0. The average Bonchev–Trinajstić information content (AvgIpc) is 2.03. The van der Waals surface area contributed by atoms with E-state index in [4.69, 9.17) is 5.73 Å². The first-order valence-electron chi connectivity index (χ1n) is 3.83. The van der Waals surface area contributed by atoms with Gasteiger partial charge in [0, 0.05) is 18.3 Å². The topological polar surface area (TPSA) is 38.0 Å². The molecule has 3 N–H and O–H groups in total. The van der Waals surface area contributed by atoms with Gasteiger partial charge in [0.15, 0.2) is 0 Å². The van der Waals surface area contributed by atoms with Gasteiger partial charge in [-0.1, -0.05) is 18.2 Å². The third-order valence-corrected chi connectivity index (χ3v) is 1.40. The van der Waals surface area contributed by atoms with Crippen LogP contribution in [0.4, 0.5) is 5.69 Å². The summed E-state index contributed by atoms with van der Waals surface area (Å²) in [5.41, 5.74) is 6.71. The van der Waals surface area contributed by atoms with Crippen LogP contribution in [-0.2, 0) is 0 Å². The molecule has 1 aromatic carbocycles. The van der Waals surface area contributed by atoms with Gasteiger partial charge in [0.05, 0.1) is 0 Å². The molecular formula is C9H14N2. The Kier molecular flexibility index (Phi) is 2.93. The number of hydrogen-bond acceptors (Lipinski definition) is 2. The summed E-state index contributed by atoms with van der Waals surface area (Å²) in [5.74, 6) is 0. The summed E-state index contributed by atoms with van der Waals surface area (Å²) in [5, 5.41) is 3.22. The van der Waals surface area contributed by atoms with Gasteiger partial charge in [0.25, 0.3) is 0 Å². The monoisotopic (exact) mass is 150 g/mol. The van der Waals surface area contributed by atoms with E-state index >= 15 is 0 Å². The summed E-state index contributed by atoms with van der Waals surface area (Å²) in [6.45, 7) is 2.81. The van der Waals surface area contributed by atoms with E-state index in [2.05, 4.69) is 5.32 Å². The van der Waals surface area contributed by atoms with Gasteiger partial charge in [-0.15, -0.1) is 0 Å². The van der Waals surface area contributed by atoms with Crippen molar-refractivity contribution >= 4 is 5.69 Å². The van der Waals surface area contributed by atoms with E-state index < -0.39 is 0 Å². The fourth-order valence-corrected chi connectivity index (χ4v) is 0.835. The van der Waals surface area contributed by atoms with Gasteiger partial charge in [-0.25, -0.2) is 0 Å². The molecular weight excluding hydrogens is 136 g/mol. The molecule has 0 spiro atoms. The fourth-order valence-electron chi connectivity index (χ4n) is 0.835. The number of anilines is 1. The van der Waals surface area contributed by atoms with Crippen LogP contribution in [0.1, 0.15) is 6.92 Å². The average molecular weight is 150 g/mol. The zero-order valence-corrected chi connectivity index (χ0v) is 6.75. The third kappa shape index (κ3) is 3.05. The van der Waals surface area contributed by atoms with Gasteiger partial charge in [-0.3, -0.25) is 0 Å². The van der Waals surface area contributed by atoms with Crippen molar-refractivity contribution in [2.24, 2.45) is 5.73 Å². The molecule has 0 amide bonds. The number of hydrogen-bond donors (Lipinski definition) is 2. The van der Waals surface area contributed by atoms with Gasteiger partial charge < -0.3 is 11.1 Å². The Hall–Kier alpha value is -1.02. The quantitative estimate of drug-likeness (QED) is 0.684. The molecule has 0 aliphatic rings. The lowest BCUT2D eigenvalue weighted by atomic mass is 10.3. The van der Waals surface area contributed by atoms with Gasteiger partial charge in [0.2, 0.25) is 0 Å². The van der Waals surface area contributed by atoms with Crippen molar-refractivity contribution < 1.29 is 0 Å². The zero-order valence-electron chi connectivity index (χ0n) is 6.75. The van der Waals surface area contributed by atoms with Gasteiger partial charge in [-0.2, -0.15) is 0 Å². The Morgan fingerprint density at radius 2 is 2.00 bits per heavy atom. The standard InChI is InChI=1S/C9H14N2/c1-8(10)7-11-9-5-3-2-4-6-9/h2-6,8,11H,7,10H2,1H3. The van der Waals surface area contributed by atoms with Crippen LogP contribution in [-0.4, -0.2) is 12.6 Å². The largest absolute Gasteiger partial charge is 0.384 e. The number of benzene rings is 1. The van der Waals surface area contributed by atoms with E-state index in [0.29, 0.717) is 0 Å². The number of nitrogens with two attached hydrogens (primary N) is 1. The Bertz CT molecular complexity index is 194. The molecule has 1 rings (SSSR count). The second kappa shape index (κ2) is 3.98. The van der Waals surface area contributed by atoms with E-state index in [1.807, 2.05) is 37.3 Å². The summed E-state index contributed by atoms with van der Waals surface area (Å²) in [7, 11) is 0. The minimum Gasteiger partial charge on any atom is -0.384 e. The highest BCUT2D eigenvalue weighted by molar-refractivity contribution is 5.42. The second-order valence-corrected chi connectivity index (χ2v) is 2.72. The summed E-state index contributed by atoms with van der Waals surface area (Å²) in [6, 6.07) is 10.3. The maximum Gasteiger partial charge on any atom is 0.0340 e. The molecule has 1 unspecified atom stereocenters. The molecule has 0 radical (unpaired) electrons. The minimum absolute atomic E-state index is 0.204. The van der Waals surface area contributed by atoms with Gasteiger partial charge in [-0.05, 0) is 19.1 Å². The molecule has 0 fully saturated rings. The Balaban J connectivity index is 2.39. The minimum atomic E-state index is 0.204. The van der Waals surface area contributed by atoms with Crippen LogP contribution in [0, 0.1) is 0 Å². The lowest BCUT2D eigenvalue weighted by Crippen LogP contribution is -2.25. The molecule has 2 heteroatoms. The molecule has 0 aromatic heterocycles. The highest BCUT2D eigenvalue weighted by Crippen LogP contribution is 2.03. The van der Waals surface area contributed by atoms with E-state index in [9.17, 15) is 0 Å². The highest BCUT2D eigenvalue weighted by atomic mass is 14.9. The van der Waals surface area contributed by atoms with Crippen molar-refractivity contribution in [2.45, 2.75) is 13.0 Å². The normalized spacial score (nSPS) is 12.5. The van der Waals surface area contributed by atoms with Crippen molar-refractivity contribution in [3.05, 3.63) is 30.3 Å². The van der Waals surface area contributed by atoms with Crippen molar-refractivity contribution in [1.29, 1.82) is 0 Å². The second-order valence-electron chi connectivity index (χ2n) is 2.72. The first kappa shape index (κ1) is 8.08. The Morgan fingerprint density at radius 3 is 2.55 bits per heavy atom. The molecule has 11 heavy (non-hydrogen) atoms. The molecule has 0 aliphatic heterocycles. The van der Waals surface area contributed by atoms with Crippen molar-refractivity contribution in [3.8, 4) is 0 Å². The van der Waals surface area contributed by atoms with Crippen LogP contribution in [0.5, 0.6) is 0 Å². The van der Waals surface area contributed by atoms with E-state index in [1.54, 1.807) is 0 Å². The predicted octanol–water partition coefficient (Wildman–Crippen LogP) is 1.45. The molecule has 0 bridgehead atoms. The summed E-state index contributed by atoms with van der Waals surface area (Å²) in [6.07, 6.45) is 0. The molecule has 0 saturated carbocycles. The van der Waals surface area contributed by atoms with Crippen LogP contribution >= 0.6 is 0 Å². The lowest BCUT2D eigenvalue weighted by Gasteiger charge is -2.07. The predicted molar refractivity (Wildman–Crippen MR) is 48.6 cm³/mol. The molecule has 60 valence electrons. The third-order valence-electron chi connectivity index (χ3n) is 1.40. The molecule has 0 aliphatic carbocycles. The lowest BCUT2D eigenvalue weighted by molar-refractivity contribution is 0.780. The first-order chi connectivity index (χ1) is 5.29. The maximum absolute atomic E-state index is 5.58. The van der Waals surface area contributed by atoms with E-state index in [1.165, 1.54) is 0 Å². The van der Waals surface area contributed by atoms with Crippen LogP contribution < -0.4 is 11.1 Å². The summed E-state index contributed by atoms with van der Waals surface area (Å²) >= 11 is 0. The van der Waals surface area contributed by atoms with Crippen LogP contribution in [0.25, 0.3) is 0 Å². The first-order valence-corrected chi connectivity index (χ1v) is 3.83. The number of para-hydroxylation sites is 1. The SMILES string of the molecule is CC(N)CNc1ccccc1. The molecule has 2 nitrogen and oxygen atoms in total. The van der Waals surface area contributed by atoms with E-state index in [0.717, 1.165) is 12.2 Å². The van der Waals surface area contributed by atoms with Crippen LogP contribution in [0.3, 0.4) is 0 Å². The molecule has 0 heterocycles. The molecule has 0 saturated heterocycles. The van der Waals surface area contributed by atoms with Crippen molar-refractivity contribution in [1.82, 2.24) is 0 Å². The highest BCUT2D eigenvalue weighted by Gasteiger charge is 1.92. The Morgan fingerprint density at radius 1 is 1.36 bits per heavy atom.